The Bertz CT molecular complexity index is 1400. The average Bonchev–Trinajstić information content (AvgIpc) is 3.42. The number of amides is 2. The first-order chi connectivity index (χ1) is 17.4. The van der Waals surface area contributed by atoms with Crippen LogP contribution in [0.1, 0.15) is 11.1 Å². The van der Waals surface area contributed by atoms with E-state index in [1.165, 1.54) is 4.90 Å². The average molecular weight is 488 g/mol. The fourth-order valence-corrected chi connectivity index (χ4v) is 4.58. The van der Waals surface area contributed by atoms with Gasteiger partial charge in [-0.15, -0.1) is 0 Å². The normalized spacial score (nSPS) is 16.3. The van der Waals surface area contributed by atoms with Crippen LogP contribution >= 0.6 is 0 Å². The van der Waals surface area contributed by atoms with E-state index in [2.05, 4.69) is 25.5 Å². The summed E-state index contributed by atoms with van der Waals surface area (Å²) in [5.41, 5.74) is 5.92. The minimum atomic E-state index is -2.77. The first-order valence-electron chi connectivity index (χ1n) is 11.7. The molecule has 36 heavy (non-hydrogen) atoms. The fraction of sp³-hybridized carbons (Fsp3) is 0.231. The molecule has 4 heterocycles. The van der Waals surface area contributed by atoms with Crippen molar-refractivity contribution in [3.05, 3.63) is 78.2 Å². The second-order valence-electron chi connectivity index (χ2n) is 9.10. The maximum atomic E-state index is 13.2. The van der Waals surface area contributed by atoms with Crippen molar-refractivity contribution in [3.63, 3.8) is 0 Å². The zero-order valence-electron chi connectivity index (χ0n) is 19.3. The number of halogens is 2. The van der Waals surface area contributed by atoms with Crippen LogP contribution in [0, 0.1) is 0 Å². The van der Waals surface area contributed by atoms with Gasteiger partial charge >= 0.3 is 6.03 Å². The van der Waals surface area contributed by atoms with Crippen LogP contribution in [-0.2, 0) is 13.0 Å². The van der Waals surface area contributed by atoms with E-state index in [4.69, 9.17) is 0 Å². The molecule has 0 unspecified atom stereocenters. The Labute approximate surface area is 206 Å². The van der Waals surface area contributed by atoms with Gasteiger partial charge in [-0.2, -0.15) is 5.10 Å². The Kier molecular flexibility index (Phi) is 5.36. The van der Waals surface area contributed by atoms with Gasteiger partial charge in [-0.1, -0.05) is 24.3 Å². The number of aromatic amines is 1. The number of nitrogens with one attached hydrogen (secondary N) is 2. The van der Waals surface area contributed by atoms with Gasteiger partial charge in [-0.25, -0.2) is 23.5 Å². The SMILES string of the molecule is O=C(N1CCc2ccc(-c3nccc(Nc4ccc(-c5cn[nH]c5)cc4)n3)cc2C1)N1CC(F)(F)C1. The molecule has 0 radical (unpaired) electrons. The molecule has 0 bridgehead atoms. The summed E-state index contributed by atoms with van der Waals surface area (Å²) < 4.78 is 26.4. The van der Waals surface area contributed by atoms with Crippen molar-refractivity contribution in [2.24, 2.45) is 0 Å². The number of likely N-dealkylation sites (tertiary alicyclic amines) is 1. The molecule has 1 fully saturated rings. The van der Waals surface area contributed by atoms with Crippen LogP contribution in [0.5, 0.6) is 0 Å². The number of alkyl halides is 2. The molecule has 0 saturated carbocycles. The second kappa shape index (κ2) is 8.71. The number of urea groups is 1. The summed E-state index contributed by atoms with van der Waals surface area (Å²) in [4.78, 5) is 24.6. The van der Waals surface area contributed by atoms with Crippen molar-refractivity contribution < 1.29 is 13.6 Å². The minimum Gasteiger partial charge on any atom is -0.340 e. The third-order valence-electron chi connectivity index (χ3n) is 6.51. The van der Waals surface area contributed by atoms with E-state index in [1.807, 2.05) is 48.7 Å². The number of H-pyrrole nitrogens is 1. The van der Waals surface area contributed by atoms with E-state index in [9.17, 15) is 13.6 Å². The number of fused-ring (bicyclic) bond motifs is 1. The molecule has 6 rings (SSSR count). The molecule has 4 aromatic rings. The van der Waals surface area contributed by atoms with Crippen LogP contribution in [0.2, 0.25) is 0 Å². The number of anilines is 2. The molecule has 2 amide bonds. The lowest BCUT2D eigenvalue weighted by molar-refractivity contribution is -0.114. The molecule has 2 N–H and O–H groups in total. The van der Waals surface area contributed by atoms with Crippen LogP contribution in [0.15, 0.2) is 67.1 Å². The van der Waals surface area contributed by atoms with Crippen molar-refractivity contribution in [2.75, 3.05) is 25.0 Å². The molecule has 0 aliphatic carbocycles. The lowest BCUT2D eigenvalue weighted by atomic mass is 9.97. The van der Waals surface area contributed by atoms with Gasteiger partial charge < -0.3 is 15.1 Å². The van der Waals surface area contributed by atoms with E-state index in [1.54, 1.807) is 23.4 Å². The lowest BCUT2D eigenvalue weighted by Crippen LogP contribution is -2.61. The smallest absolute Gasteiger partial charge is 0.320 e. The van der Waals surface area contributed by atoms with Gasteiger partial charge in [0.2, 0.25) is 0 Å². The van der Waals surface area contributed by atoms with Gasteiger partial charge in [0.25, 0.3) is 5.92 Å². The Morgan fingerprint density at radius 2 is 1.78 bits per heavy atom. The van der Waals surface area contributed by atoms with E-state index in [0.717, 1.165) is 33.5 Å². The molecule has 0 spiro atoms. The number of aromatic nitrogens is 4. The number of rotatable bonds is 4. The molecule has 8 nitrogen and oxygen atoms in total. The number of benzene rings is 2. The molecule has 0 atom stereocenters. The van der Waals surface area contributed by atoms with Gasteiger partial charge in [-0.3, -0.25) is 5.10 Å². The minimum absolute atomic E-state index is 0.335. The Morgan fingerprint density at radius 1 is 0.972 bits per heavy atom. The molecule has 2 aliphatic rings. The van der Waals surface area contributed by atoms with Gasteiger partial charge in [0.05, 0.1) is 19.3 Å². The largest absolute Gasteiger partial charge is 0.340 e. The molecule has 1 saturated heterocycles. The highest BCUT2D eigenvalue weighted by atomic mass is 19.3. The molecule has 2 aromatic carbocycles. The molecule has 2 aliphatic heterocycles. The monoisotopic (exact) mass is 487 g/mol. The summed E-state index contributed by atoms with van der Waals surface area (Å²) in [5, 5.41) is 10.1. The van der Waals surface area contributed by atoms with E-state index in [0.29, 0.717) is 31.2 Å². The number of nitrogens with zero attached hydrogens (tertiary/aromatic N) is 5. The van der Waals surface area contributed by atoms with Crippen molar-refractivity contribution in [1.82, 2.24) is 30.0 Å². The number of hydrogen-bond donors (Lipinski definition) is 2. The van der Waals surface area contributed by atoms with Crippen LogP contribution in [-0.4, -0.2) is 61.6 Å². The molecule has 10 heteroatoms. The fourth-order valence-electron chi connectivity index (χ4n) is 4.58. The van der Waals surface area contributed by atoms with Crippen molar-refractivity contribution in [3.8, 4) is 22.5 Å². The predicted octanol–water partition coefficient (Wildman–Crippen LogP) is 4.71. The number of carbonyl (C=O) groups excluding carboxylic acids is 1. The zero-order chi connectivity index (χ0) is 24.7. The van der Waals surface area contributed by atoms with Crippen molar-refractivity contribution in [1.29, 1.82) is 0 Å². The lowest BCUT2D eigenvalue weighted by Gasteiger charge is -2.42. The topological polar surface area (TPSA) is 90.0 Å². The summed E-state index contributed by atoms with van der Waals surface area (Å²) in [6, 6.07) is 15.4. The zero-order valence-corrected chi connectivity index (χ0v) is 19.3. The van der Waals surface area contributed by atoms with E-state index >= 15 is 0 Å². The number of hydrogen-bond acceptors (Lipinski definition) is 5. The predicted molar refractivity (Wildman–Crippen MR) is 131 cm³/mol. The van der Waals surface area contributed by atoms with Gasteiger partial charge in [0, 0.05) is 42.3 Å². The second-order valence-corrected chi connectivity index (χ2v) is 9.10. The molecular formula is C26H23F2N7O. The van der Waals surface area contributed by atoms with Crippen molar-refractivity contribution in [2.45, 2.75) is 18.9 Å². The summed E-state index contributed by atoms with van der Waals surface area (Å²) in [5.74, 6) is -1.55. The third kappa shape index (κ3) is 4.37. The highest BCUT2D eigenvalue weighted by Crippen LogP contribution is 2.30. The Morgan fingerprint density at radius 3 is 2.53 bits per heavy atom. The van der Waals surface area contributed by atoms with Crippen molar-refractivity contribution >= 4 is 17.5 Å². The van der Waals surface area contributed by atoms with Crippen LogP contribution in [0.4, 0.5) is 25.1 Å². The Hall–Kier alpha value is -4.34. The number of carbonyl (C=O) groups is 1. The highest BCUT2D eigenvalue weighted by Gasteiger charge is 2.47. The molecule has 182 valence electrons. The van der Waals surface area contributed by atoms with Gasteiger partial charge in [-0.05, 0) is 47.4 Å². The maximum Gasteiger partial charge on any atom is 0.320 e. The standard InChI is InChI=1S/C26H23F2N7O/c27-26(28)15-35(16-26)25(36)34-10-8-18-1-2-19(11-20(18)14-34)24-29-9-7-23(33-24)32-22-5-3-17(4-6-22)21-12-30-31-13-21/h1-7,9,11-13H,8,10,14-16H2,(H,30,31)(H,29,32,33). The summed E-state index contributed by atoms with van der Waals surface area (Å²) in [6.45, 7) is -0.114. The summed E-state index contributed by atoms with van der Waals surface area (Å²) in [7, 11) is 0. The molecule has 2 aromatic heterocycles. The Balaban J connectivity index is 1.17. The van der Waals surface area contributed by atoms with Gasteiger partial charge in [0.15, 0.2) is 5.82 Å². The highest BCUT2D eigenvalue weighted by molar-refractivity contribution is 5.76. The summed E-state index contributed by atoms with van der Waals surface area (Å²) >= 11 is 0. The van der Waals surface area contributed by atoms with Crippen LogP contribution < -0.4 is 5.32 Å². The first-order valence-corrected chi connectivity index (χ1v) is 11.7. The summed E-state index contributed by atoms with van der Waals surface area (Å²) in [6.07, 6.45) is 6.00. The van der Waals surface area contributed by atoms with E-state index < -0.39 is 19.0 Å². The van der Waals surface area contributed by atoms with Crippen LogP contribution in [0.3, 0.4) is 0 Å². The molecular weight excluding hydrogens is 464 g/mol. The first kappa shape index (κ1) is 22.1. The van der Waals surface area contributed by atoms with E-state index in [-0.39, 0.29) is 6.03 Å². The third-order valence-corrected chi connectivity index (χ3v) is 6.51. The van der Waals surface area contributed by atoms with Gasteiger partial charge in [0.1, 0.15) is 5.82 Å². The van der Waals surface area contributed by atoms with Crippen LogP contribution in [0.25, 0.3) is 22.5 Å². The quantitative estimate of drug-likeness (QED) is 0.435. The maximum absolute atomic E-state index is 13.2.